The van der Waals surface area contributed by atoms with Gasteiger partial charge in [0.15, 0.2) is 23.1 Å². The van der Waals surface area contributed by atoms with Crippen LogP contribution in [0.1, 0.15) is 157 Å². The molecule has 6 heteroatoms. The quantitative estimate of drug-likeness (QED) is 0.226. The molecule has 0 amide bonds. The molecule has 0 heterocycles. The molecular formula is C44H71NO5. The maximum Gasteiger partial charge on any atom is 0.160 e. The number of carbonyl (C=O) groups excluding carboxylic acids is 2. The van der Waals surface area contributed by atoms with Gasteiger partial charge in [-0.2, -0.15) is 0 Å². The summed E-state index contributed by atoms with van der Waals surface area (Å²) in [6.45, 7) is 29.6. The molecule has 50 heavy (non-hydrogen) atoms. The van der Waals surface area contributed by atoms with E-state index in [0.29, 0.717) is 18.2 Å². The number of benzene rings is 2. The van der Waals surface area contributed by atoms with Gasteiger partial charge in [-0.15, -0.1) is 0 Å². The summed E-state index contributed by atoms with van der Waals surface area (Å²) in [5.74, 6) is 0.617. The number of Topliss-reactive ketones (excluding diaryl/α,β-unsaturated/α-hetero) is 1. The van der Waals surface area contributed by atoms with Gasteiger partial charge in [0.05, 0.1) is 0 Å². The number of unbranched alkanes of at least 4 members (excludes halogenated alkanes) is 1. The first kappa shape index (κ1) is 44.9. The molecule has 6 nitrogen and oxygen atoms in total. The molecule has 0 spiro atoms. The minimum Gasteiger partial charge on any atom is -0.507 e. The van der Waals surface area contributed by atoms with E-state index in [-0.39, 0.29) is 50.6 Å². The number of nitrogens with zero attached hydrogens (tertiary/aromatic N) is 1. The van der Waals surface area contributed by atoms with E-state index in [4.69, 9.17) is 5.11 Å². The van der Waals surface area contributed by atoms with Crippen molar-refractivity contribution in [1.82, 2.24) is 4.90 Å². The van der Waals surface area contributed by atoms with Crippen LogP contribution in [-0.2, 0) is 26.8 Å². The van der Waals surface area contributed by atoms with Gasteiger partial charge in [0, 0.05) is 24.0 Å². The number of carbonyl (C=O) groups is 2. The normalized spacial score (nSPS) is 16.3. The van der Waals surface area contributed by atoms with E-state index in [1.54, 1.807) is 12.1 Å². The first-order chi connectivity index (χ1) is 22.8. The predicted octanol–water partition coefficient (Wildman–Crippen LogP) is 11.0. The molecule has 0 bridgehead atoms. The van der Waals surface area contributed by atoms with Gasteiger partial charge in [0.1, 0.15) is 5.75 Å². The van der Waals surface area contributed by atoms with Gasteiger partial charge in [0.25, 0.3) is 0 Å². The Morgan fingerprint density at radius 2 is 1.32 bits per heavy atom. The van der Waals surface area contributed by atoms with E-state index in [1.165, 1.54) is 11.6 Å². The first-order valence-corrected chi connectivity index (χ1v) is 18.6. The lowest BCUT2D eigenvalue weighted by Gasteiger charge is -2.36. The third kappa shape index (κ3) is 12.0. The molecule has 2 aromatic rings. The minimum atomic E-state index is -0.186. The molecule has 3 rings (SSSR count). The fourth-order valence-electron chi connectivity index (χ4n) is 5.88. The average Bonchev–Trinajstić information content (AvgIpc) is 3.01. The van der Waals surface area contributed by atoms with Gasteiger partial charge in [-0.05, 0) is 108 Å². The van der Waals surface area contributed by atoms with Crippen LogP contribution in [0.3, 0.4) is 0 Å². The maximum absolute atomic E-state index is 12.3. The van der Waals surface area contributed by atoms with Crippen LogP contribution in [0.2, 0.25) is 0 Å². The van der Waals surface area contributed by atoms with E-state index in [9.17, 15) is 19.8 Å². The van der Waals surface area contributed by atoms with Gasteiger partial charge in [-0.1, -0.05) is 115 Å². The van der Waals surface area contributed by atoms with Gasteiger partial charge in [-0.3, -0.25) is 9.59 Å². The van der Waals surface area contributed by atoms with E-state index < -0.39 is 0 Å². The Labute approximate surface area is 305 Å². The second kappa shape index (κ2) is 17.9. The number of ketones is 2. The lowest BCUT2D eigenvalue weighted by molar-refractivity contribution is -0.129. The Morgan fingerprint density at radius 3 is 1.74 bits per heavy atom. The highest BCUT2D eigenvalue weighted by atomic mass is 16.3. The Kier molecular flexibility index (Phi) is 16.1. The van der Waals surface area contributed by atoms with E-state index in [2.05, 4.69) is 114 Å². The molecule has 0 saturated heterocycles. The molecule has 282 valence electrons. The number of para-hydroxylation sites is 1. The highest BCUT2D eigenvalue weighted by Gasteiger charge is 2.41. The highest BCUT2D eigenvalue weighted by Crippen LogP contribution is 2.43. The largest absolute Gasteiger partial charge is 0.507 e. The molecule has 0 saturated carbocycles. The lowest BCUT2D eigenvalue weighted by atomic mass is 9.66. The topological polar surface area (TPSA) is 98.1 Å². The van der Waals surface area contributed by atoms with Crippen LogP contribution in [0.15, 0.2) is 42.0 Å². The van der Waals surface area contributed by atoms with Gasteiger partial charge < -0.3 is 20.2 Å². The van der Waals surface area contributed by atoms with Crippen LogP contribution in [0.25, 0.3) is 0 Å². The summed E-state index contributed by atoms with van der Waals surface area (Å²) in [4.78, 5) is 26.8. The molecule has 0 aliphatic heterocycles. The van der Waals surface area contributed by atoms with Crippen molar-refractivity contribution in [2.24, 2.45) is 16.7 Å². The van der Waals surface area contributed by atoms with Crippen molar-refractivity contribution >= 4 is 11.6 Å². The van der Waals surface area contributed by atoms with Gasteiger partial charge in [0.2, 0.25) is 0 Å². The second-order valence-electron chi connectivity index (χ2n) is 17.7. The Bertz CT molecular complexity index is 1430. The standard InChI is InChI=1S/C18H31NO.C16H26O2.C10H14O2/c1-12(19(8)9)13-10-14(17(2,3)4)16(20)15(11-13)18(5,6)7;1-7-15(3,4)11-9-14(18)12(10-13(11)17)16(5,6)8-2;1-2-3-5-8-6-4-7-9(11)10(8)12/h10-12,20H,1-9H3;9,12H,7-8,10H2,1-6H3;4,6-7,11-12H,2-3,5H2,1H3. The number of rotatable bonds is 9. The molecule has 0 fully saturated rings. The van der Waals surface area contributed by atoms with Crippen molar-refractivity contribution in [3.63, 3.8) is 0 Å². The fraction of sp³-hybridized carbons (Fsp3) is 0.636. The number of hydrogen-bond donors (Lipinski definition) is 3. The maximum atomic E-state index is 12.3. The van der Waals surface area contributed by atoms with Crippen LogP contribution in [-0.4, -0.2) is 45.9 Å². The molecule has 3 N–H and O–H groups in total. The van der Waals surface area contributed by atoms with Crippen molar-refractivity contribution in [3.05, 3.63) is 64.2 Å². The number of phenols is 3. The van der Waals surface area contributed by atoms with Crippen molar-refractivity contribution in [1.29, 1.82) is 0 Å². The number of hydrogen-bond acceptors (Lipinski definition) is 6. The van der Waals surface area contributed by atoms with Crippen molar-refractivity contribution in [3.8, 4) is 17.2 Å². The summed E-state index contributed by atoms with van der Waals surface area (Å²) in [6, 6.07) is 9.73. The zero-order valence-electron chi connectivity index (χ0n) is 34.5. The Morgan fingerprint density at radius 1 is 0.800 bits per heavy atom. The van der Waals surface area contributed by atoms with Gasteiger partial charge >= 0.3 is 0 Å². The summed E-state index contributed by atoms with van der Waals surface area (Å²) < 4.78 is 0. The summed E-state index contributed by atoms with van der Waals surface area (Å²) in [5.41, 5.74) is 4.48. The number of aryl methyl sites for hydroxylation is 1. The number of aromatic hydroxyl groups is 3. The number of phenolic OH excluding ortho intramolecular Hbond substituents is 3. The van der Waals surface area contributed by atoms with E-state index in [0.717, 1.165) is 54.4 Å². The van der Waals surface area contributed by atoms with Crippen LogP contribution in [0, 0.1) is 16.7 Å². The minimum absolute atomic E-state index is 0.0244. The summed E-state index contributed by atoms with van der Waals surface area (Å²) in [6.07, 6.45) is 6.76. The third-order valence-corrected chi connectivity index (χ3v) is 10.7. The number of allylic oxidation sites excluding steroid dienone is 2. The molecule has 0 radical (unpaired) electrons. The zero-order valence-corrected chi connectivity index (χ0v) is 34.5. The summed E-state index contributed by atoms with van der Waals surface area (Å²) >= 11 is 0. The predicted molar refractivity (Wildman–Crippen MR) is 210 cm³/mol. The van der Waals surface area contributed by atoms with Crippen LogP contribution >= 0.6 is 0 Å². The van der Waals surface area contributed by atoms with Crippen LogP contribution in [0.4, 0.5) is 0 Å². The molecule has 1 aliphatic rings. The smallest absolute Gasteiger partial charge is 0.160 e. The third-order valence-electron chi connectivity index (χ3n) is 10.7. The van der Waals surface area contributed by atoms with Crippen LogP contribution < -0.4 is 0 Å². The molecule has 2 unspecified atom stereocenters. The van der Waals surface area contributed by atoms with Crippen LogP contribution in [0.5, 0.6) is 17.2 Å². The van der Waals surface area contributed by atoms with Crippen molar-refractivity contribution < 1.29 is 24.9 Å². The second-order valence-corrected chi connectivity index (χ2v) is 17.7. The molecular weight excluding hydrogens is 622 g/mol. The zero-order chi connectivity index (χ0) is 39.0. The van der Waals surface area contributed by atoms with Crippen molar-refractivity contribution in [2.45, 2.75) is 152 Å². The van der Waals surface area contributed by atoms with E-state index >= 15 is 0 Å². The Balaban J connectivity index is 0.000000386. The van der Waals surface area contributed by atoms with Crippen molar-refractivity contribution in [2.75, 3.05) is 14.1 Å². The monoisotopic (exact) mass is 694 g/mol. The summed E-state index contributed by atoms with van der Waals surface area (Å²) in [5, 5.41) is 29.2. The molecule has 2 aromatic carbocycles. The SMILES string of the molecule is CC(c1cc(C(C)(C)C)c(O)c(C(C)(C)C)c1)N(C)C.CCC(C)(C)C1=CC(=O)C(C(C)(C)CC)CC1=O.CCCCc1cccc(O)c1O. The highest BCUT2D eigenvalue weighted by molar-refractivity contribution is 6.10. The molecule has 1 aliphatic carbocycles. The van der Waals surface area contributed by atoms with Gasteiger partial charge in [-0.25, -0.2) is 0 Å². The molecule has 0 aromatic heterocycles. The average molecular weight is 694 g/mol. The fourth-order valence-corrected chi connectivity index (χ4v) is 5.88. The Hall–Kier alpha value is -3.12. The molecule has 2 atom stereocenters. The summed E-state index contributed by atoms with van der Waals surface area (Å²) in [7, 11) is 4.18. The van der Waals surface area contributed by atoms with E-state index in [1.807, 2.05) is 19.9 Å². The lowest BCUT2D eigenvalue weighted by Crippen LogP contribution is -2.37. The first-order valence-electron chi connectivity index (χ1n) is 18.6.